The summed E-state index contributed by atoms with van der Waals surface area (Å²) in [5, 5.41) is 28.2. The summed E-state index contributed by atoms with van der Waals surface area (Å²) in [4.78, 5) is 23.5. The average Bonchev–Trinajstić information content (AvgIpc) is 2.39. The van der Waals surface area contributed by atoms with Crippen molar-refractivity contribution < 1.29 is 19.9 Å². The van der Waals surface area contributed by atoms with Crippen molar-refractivity contribution in [2.45, 2.75) is 0 Å². The van der Waals surface area contributed by atoms with E-state index in [1.54, 1.807) is 4.90 Å². The van der Waals surface area contributed by atoms with Gasteiger partial charge in [-0.3, -0.25) is 19.8 Å². The van der Waals surface area contributed by atoms with Gasteiger partial charge in [-0.15, -0.1) is 0 Å². The van der Waals surface area contributed by atoms with Gasteiger partial charge in [0.15, 0.2) is 5.78 Å². The van der Waals surface area contributed by atoms with E-state index in [1.807, 2.05) is 0 Å². The number of hydrogen-bond acceptors (Lipinski definition) is 6. The van der Waals surface area contributed by atoms with E-state index in [9.17, 15) is 14.9 Å². The Hall–Kier alpha value is -1.83. The maximum Gasteiger partial charge on any atom is 0.269 e. The number of carbonyl (C=O) groups is 1. The Labute approximate surface area is 110 Å². The standard InChI is InChI=1S/C12H16N2O5/c15-7-5-13(6-8-16)9-12(17)10-1-3-11(4-2-10)14(18)19/h1-4,15-16H,5-9H2. The molecule has 0 aliphatic carbocycles. The first-order valence-corrected chi connectivity index (χ1v) is 5.80. The van der Waals surface area contributed by atoms with Gasteiger partial charge in [0.1, 0.15) is 0 Å². The molecule has 0 spiro atoms. The van der Waals surface area contributed by atoms with Gasteiger partial charge in [-0.25, -0.2) is 0 Å². The fourth-order valence-electron chi connectivity index (χ4n) is 1.62. The number of nitro groups is 1. The van der Waals surface area contributed by atoms with Crippen LogP contribution in [0.25, 0.3) is 0 Å². The lowest BCUT2D eigenvalue weighted by Gasteiger charge is -2.18. The van der Waals surface area contributed by atoms with Crippen LogP contribution < -0.4 is 0 Å². The van der Waals surface area contributed by atoms with Crippen LogP contribution in [0.3, 0.4) is 0 Å². The van der Waals surface area contributed by atoms with Crippen molar-refractivity contribution in [3.05, 3.63) is 39.9 Å². The van der Waals surface area contributed by atoms with Crippen LogP contribution in [0.2, 0.25) is 0 Å². The molecule has 0 aromatic heterocycles. The Morgan fingerprint density at radius 2 is 1.68 bits per heavy atom. The first-order valence-electron chi connectivity index (χ1n) is 5.80. The zero-order valence-electron chi connectivity index (χ0n) is 10.4. The zero-order valence-corrected chi connectivity index (χ0v) is 10.4. The maximum atomic E-state index is 11.9. The van der Waals surface area contributed by atoms with Crippen LogP contribution in [0.4, 0.5) is 5.69 Å². The van der Waals surface area contributed by atoms with Crippen molar-refractivity contribution in [1.82, 2.24) is 4.90 Å². The molecule has 0 heterocycles. The first kappa shape index (κ1) is 15.2. The van der Waals surface area contributed by atoms with E-state index in [2.05, 4.69) is 0 Å². The molecular formula is C12H16N2O5. The van der Waals surface area contributed by atoms with Gasteiger partial charge in [0, 0.05) is 30.8 Å². The van der Waals surface area contributed by atoms with Crippen LogP contribution in [0, 0.1) is 10.1 Å². The number of non-ortho nitro benzene ring substituents is 1. The number of aliphatic hydroxyl groups excluding tert-OH is 2. The molecule has 0 saturated carbocycles. The molecule has 0 atom stereocenters. The third-order valence-electron chi connectivity index (χ3n) is 2.60. The number of nitrogens with zero attached hydrogens (tertiary/aromatic N) is 2. The van der Waals surface area contributed by atoms with Crippen LogP contribution >= 0.6 is 0 Å². The molecule has 0 aliphatic rings. The molecule has 0 radical (unpaired) electrons. The zero-order chi connectivity index (χ0) is 14.3. The van der Waals surface area contributed by atoms with Crippen molar-refractivity contribution in [2.24, 2.45) is 0 Å². The smallest absolute Gasteiger partial charge is 0.269 e. The molecule has 7 heteroatoms. The number of carbonyl (C=O) groups excluding carboxylic acids is 1. The summed E-state index contributed by atoms with van der Waals surface area (Å²) in [5.41, 5.74) is 0.297. The van der Waals surface area contributed by atoms with Crippen LogP contribution in [-0.2, 0) is 0 Å². The summed E-state index contributed by atoms with van der Waals surface area (Å²) in [7, 11) is 0. The van der Waals surface area contributed by atoms with Gasteiger partial charge in [0.2, 0.25) is 0 Å². The van der Waals surface area contributed by atoms with Crippen LogP contribution in [0.1, 0.15) is 10.4 Å². The van der Waals surface area contributed by atoms with E-state index >= 15 is 0 Å². The highest BCUT2D eigenvalue weighted by Gasteiger charge is 2.13. The number of benzene rings is 1. The largest absolute Gasteiger partial charge is 0.395 e. The highest BCUT2D eigenvalue weighted by atomic mass is 16.6. The van der Waals surface area contributed by atoms with Crippen molar-refractivity contribution in [1.29, 1.82) is 0 Å². The van der Waals surface area contributed by atoms with Gasteiger partial charge in [0.05, 0.1) is 24.7 Å². The monoisotopic (exact) mass is 268 g/mol. The second-order valence-corrected chi connectivity index (χ2v) is 3.95. The lowest BCUT2D eigenvalue weighted by molar-refractivity contribution is -0.384. The molecule has 7 nitrogen and oxygen atoms in total. The van der Waals surface area contributed by atoms with Gasteiger partial charge in [-0.1, -0.05) is 0 Å². The minimum atomic E-state index is -0.530. The predicted molar refractivity (Wildman–Crippen MR) is 68.0 cm³/mol. The van der Waals surface area contributed by atoms with Crippen LogP contribution in [0.15, 0.2) is 24.3 Å². The van der Waals surface area contributed by atoms with E-state index in [0.29, 0.717) is 18.7 Å². The van der Waals surface area contributed by atoms with Crippen molar-refractivity contribution >= 4 is 11.5 Å². The summed E-state index contributed by atoms with van der Waals surface area (Å²) < 4.78 is 0. The molecule has 0 saturated heterocycles. The summed E-state index contributed by atoms with van der Waals surface area (Å²) in [6, 6.07) is 5.35. The Balaban J connectivity index is 2.68. The summed E-state index contributed by atoms with van der Waals surface area (Å²) >= 11 is 0. The molecule has 0 bridgehead atoms. The number of ketones is 1. The molecular weight excluding hydrogens is 252 g/mol. The highest BCUT2D eigenvalue weighted by Crippen LogP contribution is 2.12. The minimum Gasteiger partial charge on any atom is -0.395 e. The maximum absolute atomic E-state index is 11.9. The third-order valence-corrected chi connectivity index (χ3v) is 2.60. The molecule has 1 aromatic rings. The van der Waals surface area contributed by atoms with Crippen molar-refractivity contribution in [3.8, 4) is 0 Å². The van der Waals surface area contributed by atoms with Crippen LogP contribution in [0.5, 0.6) is 0 Å². The number of hydrogen-bond donors (Lipinski definition) is 2. The second kappa shape index (κ2) is 7.57. The SMILES string of the molecule is O=C(CN(CCO)CCO)c1ccc([N+](=O)[O-])cc1. The van der Waals surface area contributed by atoms with E-state index in [4.69, 9.17) is 10.2 Å². The normalized spacial score (nSPS) is 10.7. The summed E-state index contributed by atoms with van der Waals surface area (Å²) in [5.74, 6) is -0.211. The van der Waals surface area contributed by atoms with Gasteiger partial charge in [0.25, 0.3) is 5.69 Å². The highest BCUT2D eigenvalue weighted by molar-refractivity contribution is 5.97. The predicted octanol–water partition coefficient (Wildman–Crippen LogP) is 0.0641. The first-order chi connectivity index (χ1) is 9.08. The Bertz CT molecular complexity index is 426. The minimum absolute atomic E-state index is 0.0545. The molecule has 104 valence electrons. The number of aliphatic hydroxyl groups is 2. The van der Waals surface area contributed by atoms with Gasteiger partial charge in [-0.05, 0) is 12.1 Å². The Morgan fingerprint density at radius 3 is 2.11 bits per heavy atom. The number of Topliss-reactive ketones (excluding diaryl/α,β-unsaturated/α-hetero) is 1. The molecule has 0 aliphatic heterocycles. The average molecular weight is 268 g/mol. The fraction of sp³-hybridized carbons (Fsp3) is 0.417. The molecule has 1 rings (SSSR count). The van der Waals surface area contributed by atoms with E-state index < -0.39 is 4.92 Å². The lowest BCUT2D eigenvalue weighted by atomic mass is 10.1. The van der Waals surface area contributed by atoms with E-state index in [0.717, 1.165) is 0 Å². The summed E-state index contributed by atoms with van der Waals surface area (Å²) in [6.07, 6.45) is 0. The molecule has 0 amide bonds. The van der Waals surface area contributed by atoms with Gasteiger partial charge in [-0.2, -0.15) is 0 Å². The molecule has 1 aromatic carbocycles. The second-order valence-electron chi connectivity index (χ2n) is 3.95. The van der Waals surface area contributed by atoms with Gasteiger partial charge >= 0.3 is 0 Å². The Kier molecular flexibility index (Phi) is 6.07. The quantitative estimate of drug-likeness (QED) is 0.392. The third kappa shape index (κ3) is 4.74. The van der Waals surface area contributed by atoms with Crippen LogP contribution in [-0.4, -0.2) is 58.7 Å². The van der Waals surface area contributed by atoms with E-state index in [1.165, 1.54) is 24.3 Å². The fourth-order valence-corrected chi connectivity index (χ4v) is 1.62. The lowest BCUT2D eigenvalue weighted by Crippen LogP contribution is -2.34. The Morgan fingerprint density at radius 1 is 1.16 bits per heavy atom. The topological polar surface area (TPSA) is 104 Å². The summed E-state index contributed by atoms with van der Waals surface area (Å²) in [6.45, 7) is 0.429. The number of rotatable bonds is 8. The number of nitro benzene ring substituents is 1. The van der Waals surface area contributed by atoms with Gasteiger partial charge < -0.3 is 10.2 Å². The molecule has 2 N–H and O–H groups in total. The molecule has 19 heavy (non-hydrogen) atoms. The van der Waals surface area contributed by atoms with Crippen molar-refractivity contribution in [3.63, 3.8) is 0 Å². The van der Waals surface area contributed by atoms with Crippen molar-refractivity contribution in [2.75, 3.05) is 32.8 Å². The molecule has 0 fully saturated rings. The van der Waals surface area contributed by atoms with E-state index in [-0.39, 0.29) is 31.2 Å². The molecule has 0 unspecified atom stereocenters.